The number of carbonyl (C=O) groups is 1. The molecule has 0 N–H and O–H groups in total. The van der Waals surface area contributed by atoms with Gasteiger partial charge in [-0.1, -0.05) is 12.1 Å². The number of Topliss-reactive ketones (excluding diaryl/α,β-unsaturated/α-hetero) is 1. The van der Waals surface area contributed by atoms with E-state index in [1.54, 1.807) is 26.2 Å². The number of hydrogen-bond acceptors (Lipinski definition) is 3. The van der Waals surface area contributed by atoms with Crippen LogP contribution in [0.2, 0.25) is 0 Å². The van der Waals surface area contributed by atoms with Gasteiger partial charge in [0.1, 0.15) is 5.75 Å². The van der Waals surface area contributed by atoms with Crippen LogP contribution >= 0.6 is 0 Å². The van der Waals surface area contributed by atoms with Gasteiger partial charge in [0, 0.05) is 13.6 Å². The normalized spacial score (nSPS) is 9.69. The molecule has 86 valence electrons. The van der Waals surface area contributed by atoms with Gasteiger partial charge >= 0.3 is 0 Å². The minimum Gasteiger partial charge on any atom is -0.496 e. The Kier molecular flexibility index (Phi) is 4.11. The van der Waals surface area contributed by atoms with Crippen molar-refractivity contribution in [2.45, 2.75) is 6.92 Å². The number of nitrogens with zero attached hydrogens (tertiary/aromatic N) is 1. The molecule has 0 spiro atoms. The summed E-state index contributed by atoms with van der Waals surface area (Å²) >= 11 is 0. The zero-order valence-corrected chi connectivity index (χ0v) is 9.99. The molecule has 0 saturated carbocycles. The van der Waals surface area contributed by atoms with E-state index in [1.807, 2.05) is 24.1 Å². The van der Waals surface area contributed by atoms with Crippen LogP contribution < -0.4 is 9.64 Å². The molecule has 0 radical (unpaired) electrons. The Bertz CT molecular complexity index is 399. The van der Waals surface area contributed by atoms with Crippen LogP contribution in [0.15, 0.2) is 30.9 Å². The second-order valence-corrected chi connectivity index (χ2v) is 3.58. The fourth-order valence-corrected chi connectivity index (χ4v) is 1.65. The van der Waals surface area contributed by atoms with Crippen molar-refractivity contribution >= 4 is 11.5 Å². The fourth-order valence-electron chi connectivity index (χ4n) is 1.65. The van der Waals surface area contributed by atoms with E-state index in [0.29, 0.717) is 17.9 Å². The molecule has 0 aromatic heterocycles. The van der Waals surface area contributed by atoms with E-state index in [0.717, 1.165) is 5.69 Å². The Morgan fingerprint density at radius 3 is 2.75 bits per heavy atom. The van der Waals surface area contributed by atoms with Gasteiger partial charge in [-0.05, 0) is 19.1 Å². The molecule has 1 aromatic rings. The van der Waals surface area contributed by atoms with E-state index in [2.05, 4.69) is 6.58 Å². The molecule has 0 aliphatic heterocycles. The van der Waals surface area contributed by atoms with Crippen LogP contribution in [-0.4, -0.2) is 26.5 Å². The Hall–Kier alpha value is -1.77. The summed E-state index contributed by atoms with van der Waals surface area (Å²) in [7, 11) is 3.49. The highest BCUT2D eigenvalue weighted by Crippen LogP contribution is 2.29. The largest absolute Gasteiger partial charge is 0.496 e. The lowest BCUT2D eigenvalue weighted by molar-refractivity contribution is 0.101. The monoisotopic (exact) mass is 219 g/mol. The average Bonchev–Trinajstić information content (AvgIpc) is 2.28. The van der Waals surface area contributed by atoms with Crippen molar-refractivity contribution in [3.05, 3.63) is 36.4 Å². The summed E-state index contributed by atoms with van der Waals surface area (Å²) in [5.74, 6) is 0.615. The molecule has 0 aliphatic carbocycles. The number of ether oxygens (including phenoxy) is 1. The van der Waals surface area contributed by atoms with Gasteiger partial charge in [-0.15, -0.1) is 6.58 Å². The lowest BCUT2D eigenvalue weighted by Crippen LogP contribution is -2.19. The van der Waals surface area contributed by atoms with E-state index in [4.69, 9.17) is 4.74 Å². The number of rotatable bonds is 5. The van der Waals surface area contributed by atoms with Crippen LogP contribution in [-0.2, 0) is 0 Å². The molecule has 1 rings (SSSR count). The van der Waals surface area contributed by atoms with Gasteiger partial charge < -0.3 is 9.64 Å². The summed E-state index contributed by atoms with van der Waals surface area (Å²) in [5, 5.41) is 0. The summed E-state index contributed by atoms with van der Waals surface area (Å²) in [5.41, 5.74) is 1.49. The van der Waals surface area contributed by atoms with Crippen molar-refractivity contribution in [2.75, 3.05) is 25.6 Å². The first kappa shape index (κ1) is 12.3. The number of ketones is 1. The molecule has 0 atom stereocenters. The van der Waals surface area contributed by atoms with Crippen molar-refractivity contribution in [1.82, 2.24) is 0 Å². The first-order chi connectivity index (χ1) is 7.61. The molecular formula is C13H17NO2. The van der Waals surface area contributed by atoms with Crippen molar-refractivity contribution in [2.24, 2.45) is 0 Å². The van der Waals surface area contributed by atoms with Gasteiger partial charge in [0.2, 0.25) is 0 Å². The van der Waals surface area contributed by atoms with Gasteiger partial charge in [0.05, 0.1) is 18.4 Å². The predicted octanol–water partition coefficient (Wildman–Crippen LogP) is 2.52. The third-order valence-electron chi connectivity index (χ3n) is 2.39. The standard InChI is InChI=1S/C13H17NO2/c1-5-9-14(3)11-7-6-8-12(16-4)13(11)10(2)15/h5-8H,1,9H2,2-4H3. The van der Waals surface area contributed by atoms with Crippen LogP contribution in [0.4, 0.5) is 5.69 Å². The van der Waals surface area contributed by atoms with Crippen LogP contribution in [0.3, 0.4) is 0 Å². The second-order valence-electron chi connectivity index (χ2n) is 3.58. The highest BCUT2D eigenvalue weighted by molar-refractivity contribution is 6.02. The smallest absolute Gasteiger partial charge is 0.165 e. The maximum absolute atomic E-state index is 11.6. The lowest BCUT2D eigenvalue weighted by atomic mass is 10.1. The Morgan fingerprint density at radius 1 is 1.56 bits per heavy atom. The molecule has 1 aromatic carbocycles. The summed E-state index contributed by atoms with van der Waals surface area (Å²) < 4.78 is 5.20. The van der Waals surface area contributed by atoms with Crippen LogP contribution in [0.5, 0.6) is 5.75 Å². The zero-order valence-electron chi connectivity index (χ0n) is 9.99. The molecule has 3 heteroatoms. The zero-order chi connectivity index (χ0) is 12.1. The van der Waals surface area contributed by atoms with E-state index >= 15 is 0 Å². The van der Waals surface area contributed by atoms with Gasteiger partial charge in [0.25, 0.3) is 0 Å². The van der Waals surface area contributed by atoms with Crippen molar-refractivity contribution < 1.29 is 9.53 Å². The molecular weight excluding hydrogens is 202 g/mol. The topological polar surface area (TPSA) is 29.5 Å². The molecule has 0 saturated heterocycles. The lowest BCUT2D eigenvalue weighted by Gasteiger charge is -2.21. The minimum absolute atomic E-state index is 0.00311. The quantitative estimate of drug-likeness (QED) is 0.563. The minimum atomic E-state index is 0.00311. The molecule has 0 unspecified atom stereocenters. The van der Waals surface area contributed by atoms with E-state index in [1.165, 1.54) is 0 Å². The maximum atomic E-state index is 11.6. The van der Waals surface area contributed by atoms with Crippen LogP contribution in [0.1, 0.15) is 17.3 Å². The third kappa shape index (κ3) is 2.42. The number of carbonyl (C=O) groups excluding carboxylic acids is 1. The molecule has 3 nitrogen and oxygen atoms in total. The third-order valence-corrected chi connectivity index (χ3v) is 2.39. The predicted molar refractivity (Wildman–Crippen MR) is 66.5 cm³/mol. The number of anilines is 1. The summed E-state index contributed by atoms with van der Waals surface area (Å²) in [6.07, 6.45) is 1.80. The molecule has 0 fully saturated rings. The molecule has 0 aliphatic rings. The summed E-state index contributed by atoms with van der Waals surface area (Å²) in [6.45, 7) is 5.92. The first-order valence-corrected chi connectivity index (χ1v) is 5.11. The highest BCUT2D eigenvalue weighted by atomic mass is 16.5. The summed E-state index contributed by atoms with van der Waals surface area (Å²) in [4.78, 5) is 13.6. The molecule has 0 amide bonds. The number of methoxy groups -OCH3 is 1. The Balaban J connectivity index is 3.26. The van der Waals surface area contributed by atoms with Crippen molar-refractivity contribution in [1.29, 1.82) is 0 Å². The average molecular weight is 219 g/mol. The molecule has 16 heavy (non-hydrogen) atoms. The maximum Gasteiger partial charge on any atom is 0.165 e. The van der Waals surface area contributed by atoms with Crippen molar-refractivity contribution in [3.63, 3.8) is 0 Å². The fraction of sp³-hybridized carbons (Fsp3) is 0.308. The van der Waals surface area contributed by atoms with E-state index in [-0.39, 0.29) is 5.78 Å². The SMILES string of the molecule is C=CCN(C)c1cccc(OC)c1C(C)=O. The first-order valence-electron chi connectivity index (χ1n) is 5.11. The van der Waals surface area contributed by atoms with Gasteiger partial charge in [-0.25, -0.2) is 0 Å². The molecule has 0 bridgehead atoms. The van der Waals surface area contributed by atoms with Gasteiger partial charge in [-0.3, -0.25) is 4.79 Å². The van der Waals surface area contributed by atoms with Gasteiger partial charge in [0.15, 0.2) is 5.78 Å². The Morgan fingerprint density at radius 2 is 2.25 bits per heavy atom. The highest BCUT2D eigenvalue weighted by Gasteiger charge is 2.15. The van der Waals surface area contributed by atoms with Crippen LogP contribution in [0, 0.1) is 0 Å². The second kappa shape index (κ2) is 5.35. The van der Waals surface area contributed by atoms with Crippen LogP contribution in [0.25, 0.3) is 0 Å². The Labute approximate surface area is 96.3 Å². The van der Waals surface area contributed by atoms with E-state index < -0.39 is 0 Å². The number of hydrogen-bond donors (Lipinski definition) is 0. The van der Waals surface area contributed by atoms with E-state index in [9.17, 15) is 4.79 Å². The summed E-state index contributed by atoms with van der Waals surface area (Å²) in [6, 6.07) is 5.57. The van der Waals surface area contributed by atoms with Crippen molar-refractivity contribution in [3.8, 4) is 5.75 Å². The number of likely N-dealkylation sites (N-methyl/N-ethyl adjacent to an activating group) is 1. The molecule has 0 heterocycles. The van der Waals surface area contributed by atoms with Gasteiger partial charge in [-0.2, -0.15) is 0 Å². The number of benzene rings is 1.